The zero-order chi connectivity index (χ0) is 14.4. The van der Waals surface area contributed by atoms with E-state index in [-0.39, 0.29) is 24.0 Å². The molecule has 0 bridgehead atoms. The molecule has 1 aliphatic rings. The van der Waals surface area contributed by atoms with Crippen LogP contribution in [0, 0.1) is 5.92 Å². The van der Waals surface area contributed by atoms with Crippen molar-refractivity contribution in [1.82, 2.24) is 10.6 Å². The summed E-state index contributed by atoms with van der Waals surface area (Å²) in [4.78, 5) is 12.0. The molecule has 0 aromatic heterocycles. The molecule has 3 atom stereocenters. The topological polar surface area (TPSA) is 50.4 Å². The second-order valence-corrected chi connectivity index (χ2v) is 5.26. The number of nitrogens with one attached hydrogen (secondary N) is 2. The highest BCUT2D eigenvalue weighted by molar-refractivity contribution is 5.73. The van der Waals surface area contributed by atoms with Crippen molar-refractivity contribution in [1.29, 1.82) is 0 Å². The third kappa shape index (κ3) is 3.81. The van der Waals surface area contributed by atoms with Crippen molar-refractivity contribution >= 4 is 5.97 Å². The summed E-state index contributed by atoms with van der Waals surface area (Å²) < 4.78 is 5.19. The molecular formula is C16H24N2O2. The van der Waals surface area contributed by atoms with E-state index in [1.54, 1.807) is 0 Å². The lowest BCUT2D eigenvalue weighted by Crippen LogP contribution is -2.52. The lowest BCUT2D eigenvalue weighted by molar-refractivity contribution is -0.149. The van der Waals surface area contributed by atoms with Crippen LogP contribution in [0.5, 0.6) is 0 Å². The molecule has 20 heavy (non-hydrogen) atoms. The van der Waals surface area contributed by atoms with Gasteiger partial charge in [-0.2, -0.15) is 0 Å². The lowest BCUT2D eigenvalue weighted by atomic mass is 9.91. The van der Waals surface area contributed by atoms with Gasteiger partial charge in [-0.25, -0.2) is 0 Å². The maximum atomic E-state index is 12.0. The first-order chi connectivity index (χ1) is 9.72. The van der Waals surface area contributed by atoms with Crippen LogP contribution in [-0.4, -0.2) is 31.7 Å². The fourth-order valence-corrected chi connectivity index (χ4v) is 2.72. The Morgan fingerprint density at radius 3 is 2.90 bits per heavy atom. The molecule has 0 spiro atoms. The van der Waals surface area contributed by atoms with Crippen molar-refractivity contribution in [3.63, 3.8) is 0 Å². The number of piperidine rings is 1. The van der Waals surface area contributed by atoms with E-state index in [2.05, 4.69) is 29.7 Å². The van der Waals surface area contributed by atoms with Crippen LogP contribution < -0.4 is 10.6 Å². The van der Waals surface area contributed by atoms with Crippen molar-refractivity contribution in [3.05, 3.63) is 35.9 Å². The van der Waals surface area contributed by atoms with Gasteiger partial charge in [0, 0.05) is 18.6 Å². The molecule has 0 amide bonds. The molecule has 0 aliphatic carbocycles. The van der Waals surface area contributed by atoms with Crippen molar-refractivity contribution in [2.45, 2.75) is 32.4 Å². The van der Waals surface area contributed by atoms with Gasteiger partial charge < -0.3 is 15.4 Å². The van der Waals surface area contributed by atoms with Crippen molar-refractivity contribution in [3.8, 4) is 0 Å². The number of benzene rings is 1. The first kappa shape index (κ1) is 15.0. The second-order valence-electron chi connectivity index (χ2n) is 5.26. The summed E-state index contributed by atoms with van der Waals surface area (Å²) in [6.07, 6.45) is 0.831. The molecule has 2 rings (SSSR count). The maximum absolute atomic E-state index is 12.0. The van der Waals surface area contributed by atoms with Crippen LogP contribution in [0.2, 0.25) is 0 Å². The predicted octanol–water partition coefficient (Wildman–Crippen LogP) is 1.88. The van der Waals surface area contributed by atoms with E-state index in [0.717, 1.165) is 19.5 Å². The molecule has 0 radical (unpaired) electrons. The van der Waals surface area contributed by atoms with E-state index in [1.807, 2.05) is 25.1 Å². The van der Waals surface area contributed by atoms with Gasteiger partial charge in [0.15, 0.2) is 0 Å². The molecule has 1 aliphatic heterocycles. The Morgan fingerprint density at radius 1 is 1.45 bits per heavy atom. The number of hydrogen-bond donors (Lipinski definition) is 2. The molecule has 110 valence electrons. The number of rotatable bonds is 5. The molecule has 1 heterocycles. The largest absolute Gasteiger partial charge is 0.466 e. The van der Waals surface area contributed by atoms with Gasteiger partial charge in [-0.05, 0) is 32.4 Å². The van der Waals surface area contributed by atoms with Crippen LogP contribution in [0.25, 0.3) is 0 Å². The first-order valence-electron chi connectivity index (χ1n) is 7.40. The highest BCUT2D eigenvalue weighted by Gasteiger charge is 2.32. The predicted molar refractivity (Wildman–Crippen MR) is 79.4 cm³/mol. The van der Waals surface area contributed by atoms with Gasteiger partial charge in [0.1, 0.15) is 0 Å². The Morgan fingerprint density at radius 2 is 2.20 bits per heavy atom. The Hall–Kier alpha value is -1.39. The molecule has 2 N–H and O–H groups in total. The average molecular weight is 276 g/mol. The summed E-state index contributed by atoms with van der Waals surface area (Å²) in [6.45, 7) is 6.12. The monoisotopic (exact) mass is 276 g/mol. The minimum atomic E-state index is -0.0771. The molecule has 3 unspecified atom stereocenters. The zero-order valence-corrected chi connectivity index (χ0v) is 12.3. The number of carbonyl (C=O) groups excluding carboxylic acids is 1. The normalized spacial score (nSPS) is 24.1. The minimum Gasteiger partial charge on any atom is -0.466 e. The van der Waals surface area contributed by atoms with Crippen LogP contribution >= 0.6 is 0 Å². The van der Waals surface area contributed by atoms with Crippen LogP contribution in [0.3, 0.4) is 0 Å². The number of ether oxygens (including phenoxy) is 1. The van der Waals surface area contributed by atoms with Gasteiger partial charge in [-0.3, -0.25) is 4.79 Å². The molecule has 1 aromatic carbocycles. The third-order valence-corrected chi connectivity index (χ3v) is 3.84. The average Bonchev–Trinajstić information content (AvgIpc) is 2.49. The highest BCUT2D eigenvalue weighted by Crippen LogP contribution is 2.19. The van der Waals surface area contributed by atoms with Crippen LogP contribution in [0.4, 0.5) is 0 Å². The van der Waals surface area contributed by atoms with Gasteiger partial charge in [-0.1, -0.05) is 30.3 Å². The van der Waals surface area contributed by atoms with E-state index in [0.29, 0.717) is 6.61 Å². The fraction of sp³-hybridized carbons (Fsp3) is 0.562. The standard InChI is InChI=1S/C16H24N2O2/c1-3-20-16(19)14-9-10-17-11-15(14)18-12(2)13-7-5-4-6-8-13/h4-8,12,14-15,17-18H,3,9-11H2,1-2H3. The van der Waals surface area contributed by atoms with E-state index in [9.17, 15) is 4.79 Å². The van der Waals surface area contributed by atoms with Crippen molar-refractivity contribution in [2.24, 2.45) is 5.92 Å². The van der Waals surface area contributed by atoms with Gasteiger partial charge in [-0.15, -0.1) is 0 Å². The molecule has 1 aromatic rings. The van der Waals surface area contributed by atoms with Crippen LogP contribution in [-0.2, 0) is 9.53 Å². The molecular weight excluding hydrogens is 252 g/mol. The quantitative estimate of drug-likeness (QED) is 0.806. The smallest absolute Gasteiger partial charge is 0.310 e. The SMILES string of the molecule is CCOC(=O)C1CCNCC1NC(C)c1ccccc1. The minimum absolute atomic E-state index is 0.0534. The van der Waals surface area contributed by atoms with Gasteiger partial charge >= 0.3 is 5.97 Å². The van der Waals surface area contributed by atoms with Gasteiger partial charge in [0.25, 0.3) is 0 Å². The Labute approximate surface area is 120 Å². The number of esters is 1. The summed E-state index contributed by atoms with van der Waals surface area (Å²) in [5, 5.41) is 6.91. The lowest BCUT2D eigenvalue weighted by Gasteiger charge is -2.33. The maximum Gasteiger partial charge on any atom is 0.310 e. The van der Waals surface area contributed by atoms with Gasteiger partial charge in [0.05, 0.1) is 12.5 Å². The molecule has 4 heteroatoms. The van der Waals surface area contributed by atoms with E-state index in [1.165, 1.54) is 5.56 Å². The Balaban J connectivity index is 2.00. The molecule has 1 saturated heterocycles. The summed E-state index contributed by atoms with van der Waals surface area (Å²) in [5.41, 5.74) is 1.24. The van der Waals surface area contributed by atoms with Crippen molar-refractivity contribution < 1.29 is 9.53 Å². The first-order valence-corrected chi connectivity index (χ1v) is 7.40. The van der Waals surface area contributed by atoms with Crippen molar-refractivity contribution in [2.75, 3.05) is 19.7 Å². The summed E-state index contributed by atoms with van der Waals surface area (Å²) in [6, 6.07) is 10.6. The second kappa shape index (κ2) is 7.41. The summed E-state index contributed by atoms with van der Waals surface area (Å²) >= 11 is 0. The molecule has 4 nitrogen and oxygen atoms in total. The molecule has 1 fully saturated rings. The third-order valence-electron chi connectivity index (χ3n) is 3.84. The Kier molecular flexibility index (Phi) is 5.56. The molecule has 0 saturated carbocycles. The van der Waals surface area contributed by atoms with E-state index < -0.39 is 0 Å². The van der Waals surface area contributed by atoms with E-state index in [4.69, 9.17) is 4.74 Å². The summed E-state index contributed by atoms with van der Waals surface area (Å²) in [5.74, 6) is -0.130. The fourth-order valence-electron chi connectivity index (χ4n) is 2.72. The Bertz CT molecular complexity index is 422. The zero-order valence-electron chi connectivity index (χ0n) is 12.3. The van der Waals surface area contributed by atoms with E-state index >= 15 is 0 Å². The number of carbonyl (C=O) groups is 1. The number of hydrogen-bond acceptors (Lipinski definition) is 4. The van der Waals surface area contributed by atoms with Crippen LogP contribution in [0.15, 0.2) is 30.3 Å². The summed E-state index contributed by atoms with van der Waals surface area (Å²) in [7, 11) is 0. The van der Waals surface area contributed by atoms with Gasteiger partial charge in [0.2, 0.25) is 0 Å². The highest BCUT2D eigenvalue weighted by atomic mass is 16.5. The van der Waals surface area contributed by atoms with Crippen LogP contribution in [0.1, 0.15) is 31.9 Å².